The number of allylic oxidation sites excluding steroid dienone is 2. The number of hydrogen-bond donors (Lipinski definition) is 0. The van der Waals surface area contributed by atoms with Gasteiger partial charge in [0.25, 0.3) is 0 Å². The molecule has 2 aromatic rings. The van der Waals surface area contributed by atoms with Gasteiger partial charge >= 0.3 is 0 Å². The Balaban J connectivity index is 1.39. The molecule has 2 atom stereocenters. The molecule has 0 radical (unpaired) electrons. The van der Waals surface area contributed by atoms with E-state index in [2.05, 4.69) is 40.2 Å². The van der Waals surface area contributed by atoms with Crippen LogP contribution in [0.25, 0.3) is 11.4 Å². The van der Waals surface area contributed by atoms with Gasteiger partial charge in [0.05, 0.1) is 0 Å². The van der Waals surface area contributed by atoms with Crippen LogP contribution >= 0.6 is 0 Å². The van der Waals surface area contributed by atoms with Crippen LogP contribution in [0.3, 0.4) is 0 Å². The summed E-state index contributed by atoms with van der Waals surface area (Å²) in [6.45, 7) is 3.74. The van der Waals surface area contributed by atoms with Gasteiger partial charge in [0.1, 0.15) is 0 Å². The van der Waals surface area contributed by atoms with E-state index in [0.717, 1.165) is 62.7 Å². The van der Waals surface area contributed by atoms with Gasteiger partial charge in [-0.2, -0.15) is 4.98 Å². The minimum Gasteiger partial charge on any atom is -0.342 e. The van der Waals surface area contributed by atoms with Crippen molar-refractivity contribution in [2.75, 3.05) is 13.1 Å². The van der Waals surface area contributed by atoms with Crippen LogP contribution in [-0.2, 0) is 11.2 Å². The highest BCUT2D eigenvalue weighted by atomic mass is 16.5. The predicted molar refractivity (Wildman–Crippen MR) is 104 cm³/mol. The molecule has 1 fully saturated rings. The molecule has 27 heavy (non-hydrogen) atoms. The van der Waals surface area contributed by atoms with Crippen LogP contribution in [0.4, 0.5) is 0 Å². The first-order valence-corrected chi connectivity index (χ1v) is 10.0. The number of carbonyl (C=O) groups is 1. The molecule has 4 rings (SSSR count). The molecule has 1 aromatic carbocycles. The van der Waals surface area contributed by atoms with Crippen molar-refractivity contribution in [3.05, 3.63) is 47.9 Å². The van der Waals surface area contributed by atoms with Crippen LogP contribution in [0.5, 0.6) is 0 Å². The summed E-state index contributed by atoms with van der Waals surface area (Å²) in [6.07, 6.45) is 10.1. The van der Waals surface area contributed by atoms with Crippen molar-refractivity contribution in [2.45, 2.75) is 45.4 Å². The molecule has 5 heteroatoms. The predicted octanol–water partition coefficient (Wildman–Crippen LogP) is 4.18. The topological polar surface area (TPSA) is 59.2 Å². The maximum absolute atomic E-state index is 12.8. The Morgan fingerprint density at radius 2 is 2.15 bits per heavy atom. The Hall–Kier alpha value is -2.43. The van der Waals surface area contributed by atoms with Gasteiger partial charge in [0, 0.05) is 31.0 Å². The molecule has 0 bridgehead atoms. The number of likely N-dealkylation sites (tertiary alicyclic amines) is 1. The summed E-state index contributed by atoms with van der Waals surface area (Å²) in [6, 6.07) is 8.07. The molecule has 2 aliphatic rings. The lowest BCUT2D eigenvalue weighted by Crippen LogP contribution is -2.43. The van der Waals surface area contributed by atoms with E-state index in [-0.39, 0.29) is 5.92 Å². The van der Waals surface area contributed by atoms with E-state index in [0.29, 0.717) is 23.5 Å². The van der Waals surface area contributed by atoms with Gasteiger partial charge in [-0.05, 0) is 50.5 Å². The largest absolute Gasteiger partial charge is 0.342 e. The first-order valence-electron chi connectivity index (χ1n) is 10.0. The Morgan fingerprint density at radius 3 is 2.96 bits per heavy atom. The number of aryl methyl sites for hydroxylation is 1. The summed E-state index contributed by atoms with van der Waals surface area (Å²) in [5.74, 6) is 2.22. The normalized spacial score (nSPS) is 22.8. The molecule has 1 aromatic heterocycles. The lowest BCUT2D eigenvalue weighted by molar-refractivity contribution is -0.137. The molecule has 5 nitrogen and oxygen atoms in total. The van der Waals surface area contributed by atoms with Gasteiger partial charge in [-0.15, -0.1) is 0 Å². The van der Waals surface area contributed by atoms with Crippen LogP contribution in [-0.4, -0.2) is 34.0 Å². The van der Waals surface area contributed by atoms with E-state index in [1.165, 1.54) is 0 Å². The second-order valence-corrected chi connectivity index (χ2v) is 7.80. The van der Waals surface area contributed by atoms with E-state index in [1.54, 1.807) is 0 Å². The number of aromatic nitrogens is 2. The van der Waals surface area contributed by atoms with Gasteiger partial charge < -0.3 is 9.42 Å². The summed E-state index contributed by atoms with van der Waals surface area (Å²) in [5.41, 5.74) is 2.15. The Kier molecular flexibility index (Phi) is 5.37. The standard InChI is InChI=1S/C22H27N3O2/c1-16-8-5-6-12-19(16)21-23-20(27-24-21)14-17-9-7-13-25(15-17)22(26)18-10-3-2-4-11-18/h2-3,5-6,8,12,17-18H,4,7,9-11,13-15H2,1H3. The highest BCUT2D eigenvalue weighted by Crippen LogP contribution is 2.27. The summed E-state index contributed by atoms with van der Waals surface area (Å²) in [5, 5.41) is 4.17. The maximum Gasteiger partial charge on any atom is 0.227 e. The molecular formula is C22H27N3O2. The van der Waals surface area contributed by atoms with Crippen molar-refractivity contribution < 1.29 is 9.32 Å². The second-order valence-electron chi connectivity index (χ2n) is 7.80. The van der Waals surface area contributed by atoms with Crippen LogP contribution in [0, 0.1) is 18.8 Å². The van der Waals surface area contributed by atoms with Crippen molar-refractivity contribution in [3.8, 4) is 11.4 Å². The number of benzene rings is 1. The van der Waals surface area contributed by atoms with Gasteiger partial charge in [0.15, 0.2) is 0 Å². The van der Waals surface area contributed by atoms with Crippen LogP contribution in [0.15, 0.2) is 40.9 Å². The second kappa shape index (κ2) is 8.07. The molecular weight excluding hydrogens is 338 g/mol. The van der Waals surface area contributed by atoms with Crippen LogP contribution in [0.1, 0.15) is 43.6 Å². The zero-order chi connectivity index (χ0) is 18.6. The number of carbonyl (C=O) groups excluding carboxylic acids is 1. The fourth-order valence-corrected chi connectivity index (χ4v) is 4.23. The van der Waals surface area contributed by atoms with Crippen molar-refractivity contribution in [2.24, 2.45) is 11.8 Å². The fraction of sp³-hybridized carbons (Fsp3) is 0.500. The SMILES string of the molecule is Cc1ccccc1-c1noc(CC2CCCN(C(=O)C3CC=CCC3)C2)n1. The van der Waals surface area contributed by atoms with Gasteiger partial charge in [-0.25, -0.2) is 0 Å². The monoisotopic (exact) mass is 365 g/mol. The third kappa shape index (κ3) is 4.12. The molecule has 1 amide bonds. The first kappa shape index (κ1) is 18.0. The van der Waals surface area contributed by atoms with Gasteiger partial charge in [-0.3, -0.25) is 4.79 Å². The van der Waals surface area contributed by atoms with Gasteiger partial charge in [-0.1, -0.05) is 41.6 Å². The minimum atomic E-state index is 0.171. The van der Waals surface area contributed by atoms with Crippen molar-refractivity contribution >= 4 is 5.91 Å². The molecule has 142 valence electrons. The summed E-state index contributed by atoms with van der Waals surface area (Å²) in [4.78, 5) is 19.5. The lowest BCUT2D eigenvalue weighted by atomic mass is 9.90. The number of hydrogen-bond acceptors (Lipinski definition) is 4. The highest BCUT2D eigenvalue weighted by Gasteiger charge is 2.29. The summed E-state index contributed by atoms with van der Waals surface area (Å²) >= 11 is 0. The van der Waals surface area contributed by atoms with E-state index in [9.17, 15) is 4.79 Å². The number of amides is 1. The summed E-state index contributed by atoms with van der Waals surface area (Å²) < 4.78 is 5.52. The molecule has 0 spiro atoms. The average Bonchev–Trinajstić information content (AvgIpc) is 3.17. The molecule has 1 aliphatic heterocycles. The smallest absolute Gasteiger partial charge is 0.227 e. The Labute approximate surface area is 160 Å². The number of rotatable bonds is 4. The molecule has 2 heterocycles. The highest BCUT2D eigenvalue weighted by molar-refractivity contribution is 5.79. The summed E-state index contributed by atoms with van der Waals surface area (Å²) in [7, 11) is 0. The molecule has 2 unspecified atom stereocenters. The molecule has 1 saturated heterocycles. The van der Waals surface area contributed by atoms with Crippen molar-refractivity contribution in [1.82, 2.24) is 15.0 Å². The third-order valence-corrected chi connectivity index (χ3v) is 5.77. The van der Waals surface area contributed by atoms with Gasteiger partial charge in [0.2, 0.25) is 17.6 Å². The Bertz CT molecular complexity index is 826. The molecule has 0 saturated carbocycles. The molecule has 0 N–H and O–H groups in total. The third-order valence-electron chi connectivity index (χ3n) is 5.77. The maximum atomic E-state index is 12.8. The number of nitrogens with zero attached hydrogens (tertiary/aromatic N) is 3. The molecule has 1 aliphatic carbocycles. The van der Waals surface area contributed by atoms with E-state index in [1.807, 2.05) is 18.2 Å². The van der Waals surface area contributed by atoms with E-state index in [4.69, 9.17) is 4.52 Å². The van der Waals surface area contributed by atoms with Crippen LogP contribution in [0.2, 0.25) is 0 Å². The van der Waals surface area contributed by atoms with E-state index >= 15 is 0 Å². The van der Waals surface area contributed by atoms with Crippen molar-refractivity contribution in [1.29, 1.82) is 0 Å². The zero-order valence-corrected chi connectivity index (χ0v) is 15.9. The Morgan fingerprint density at radius 1 is 1.26 bits per heavy atom. The van der Waals surface area contributed by atoms with Crippen molar-refractivity contribution in [3.63, 3.8) is 0 Å². The number of piperidine rings is 1. The minimum absolute atomic E-state index is 0.171. The lowest BCUT2D eigenvalue weighted by Gasteiger charge is -2.35. The average molecular weight is 365 g/mol. The fourth-order valence-electron chi connectivity index (χ4n) is 4.23. The quantitative estimate of drug-likeness (QED) is 0.763. The first-order chi connectivity index (χ1) is 13.2. The van der Waals surface area contributed by atoms with E-state index < -0.39 is 0 Å². The van der Waals surface area contributed by atoms with Crippen LogP contribution < -0.4 is 0 Å². The zero-order valence-electron chi connectivity index (χ0n) is 15.9.